The van der Waals surface area contributed by atoms with E-state index in [2.05, 4.69) is 5.32 Å². The molecule has 1 unspecified atom stereocenters. The van der Waals surface area contributed by atoms with Crippen LogP contribution in [0.1, 0.15) is 42.5 Å². The zero-order valence-corrected chi connectivity index (χ0v) is 15.7. The Kier molecular flexibility index (Phi) is 7.87. The molecule has 0 aliphatic carbocycles. The third-order valence-corrected chi connectivity index (χ3v) is 5.09. The number of rotatable bonds is 5. The number of nitrogens with zero attached hydrogens (tertiary/aromatic N) is 1. The first-order valence-corrected chi connectivity index (χ1v) is 9.18. The highest BCUT2D eigenvalue weighted by molar-refractivity contribution is 5.94. The van der Waals surface area contributed by atoms with Crippen molar-refractivity contribution in [2.75, 3.05) is 19.6 Å². The summed E-state index contributed by atoms with van der Waals surface area (Å²) in [6.45, 7) is 1.67. The molecule has 7 heteroatoms. The minimum atomic E-state index is -0.376. The predicted molar refractivity (Wildman–Crippen MR) is 102 cm³/mol. The number of likely N-dealkylation sites (tertiary alicyclic amines) is 1. The van der Waals surface area contributed by atoms with E-state index in [0.29, 0.717) is 18.7 Å². The van der Waals surface area contributed by atoms with Crippen molar-refractivity contribution in [2.24, 2.45) is 5.73 Å². The normalized spacial score (nSPS) is 25.4. The Morgan fingerprint density at radius 2 is 1.92 bits per heavy atom. The molecule has 3 N–H and O–H groups in total. The second kappa shape index (κ2) is 9.90. The fourth-order valence-electron chi connectivity index (χ4n) is 3.65. The summed E-state index contributed by atoms with van der Waals surface area (Å²) < 4.78 is 5.77. The first-order valence-electron chi connectivity index (χ1n) is 9.18. The van der Waals surface area contributed by atoms with Crippen molar-refractivity contribution in [2.45, 2.75) is 50.4 Å². The number of halogens is 1. The van der Waals surface area contributed by atoms with Crippen molar-refractivity contribution in [3.05, 3.63) is 35.9 Å². The summed E-state index contributed by atoms with van der Waals surface area (Å²) in [6, 6.07) is 9.19. The van der Waals surface area contributed by atoms with Gasteiger partial charge in [0, 0.05) is 31.2 Å². The molecule has 3 rings (SSSR count). The molecule has 0 spiro atoms. The molecule has 3 atom stereocenters. The van der Waals surface area contributed by atoms with Gasteiger partial charge >= 0.3 is 0 Å². The molecule has 0 radical (unpaired) electrons. The molecule has 2 aliphatic rings. The maximum absolute atomic E-state index is 12.8. The number of carbonyl (C=O) groups is 2. The highest BCUT2D eigenvalue weighted by Crippen LogP contribution is 2.24. The largest absolute Gasteiger partial charge is 0.364 e. The predicted octanol–water partition coefficient (Wildman–Crippen LogP) is 1.73. The molecule has 26 heavy (non-hydrogen) atoms. The molecule has 2 aliphatic heterocycles. The second-order valence-corrected chi connectivity index (χ2v) is 6.82. The maximum atomic E-state index is 12.8. The number of hydrogen-bond donors (Lipinski definition) is 2. The summed E-state index contributed by atoms with van der Waals surface area (Å²) in [4.78, 5) is 27.0. The lowest BCUT2D eigenvalue weighted by molar-refractivity contribution is -0.146. The van der Waals surface area contributed by atoms with Gasteiger partial charge in [0.25, 0.3) is 11.8 Å². The van der Waals surface area contributed by atoms with Gasteiger partial charge < -0.3 is 20.7 Å². The summed E-state index contributed by atoms with van der Waals surface area (Å²) in [5.41, 5.74) is 6.28. The number of carbonyl (C=O) groups excluding carboxylic acids is 2. The van der Waals surface area contributed by atoms with Crippen LogP contribution >= 0.6 is 12.4 Å². The Bertz CT molecular complexity index is 599. The van der Waals surface area contributed by atoms with Gasteiger partial charge in [-0.25, -0.2) is 0 Å². The highest BCUT2D eigenvalue weighted by Gasteiger charge is 2.36. The molecule has 144 valence electrons. The third kappa shape index (κ3) is 4.96. The van der Waals surface area contributed by atoms with E-state index >= 15 is 0 Å². The van der Waals surface area contributed by atoms with Crippen LogP contribution in [-0.4, -0.2) is 54.6 Å². The van der Waals surface area contributed by atoms with E-state index in [0.717, 1.165) is 38.6 Å². The Labute approximate surface area is 160 Å². The summed E-state index contributed by atoms with van der Waals surface area (Å²) in [7, 11) is 0. The fraction of sp³-hybridized carbons (Fsp3) is 0.579. The highest BCUT2D eigenvalue weighted by atomic mass is 35.5. The fourth-order valence-corrected chi connectivity index (χ4v) is 3.65. The first-order chi connectivity index (χ1) is 12.2. The molecule has 0 bridgehead atoms. The van der Waals surface area contributed by atoms with Crippen molar-refractivity contribution < 1.29 is 14.3 Å². The van der Waals surface area contributed by atoms with Gasteiger partial charge in [0.2, 0.25) is 0 Å². The molecule has 1 aromatic carbocycles. The average molecular weight is 382 g/mol. The summed E-state index contributed by atoms with van der Waals surface area (Å²) in [5.74, 6) is -0.0477. The SMILES string of the molecule is Cl.NC[C@H]1CC[C@@H](C(=O)N2CCCCC2CNC(=O)c2ccccc2)O1. The Hall–Kier alpha value is -1.63. The van der Waals surface area contributed by atoms with Gasteiger partial charge in [-0.15, -0.1) is 12.4 Å². The van der Waals surface area contributed by atoms with E-state index in [9.17, 15) is 9.59 Å². The molecule has 2 heterocycles. The Morgan fingerprint density at radius 3 is 2.62 bits per heavy atom. The number of nitrogens with two attached hydrogens (primary N) is 1. The monoisotopic (exact) mass is 381 g/mol. The average Bonchev–Trinajstić information content (AvgIpc) is 3.16. The number of hydrogen-bond acceptors (Lipinski definition) is 4. The standard InChI is InChI=1S/C19H27N3O3.ClH/c20-12-16-9-10-17(25-16)19(24)22-11-5-4-8-15(22)13-21-18(23)14-6-2-1-3-7-14;/h1-3,6-7,15-17H,4-5,8-13,20H2,(H,21,23);1H/t15?,16-,17+;/m1./s1. The van der Waals surface area contributed by atoms with Crippen LogP contribution in [0.5, 0.6) is 0 Å². The number of benzene rings is 1. The lowest BCUT2D eigenvalue weighted by Crippen LogP contribution is -2.52. The van der Waals surface area contributed by atoms with E-state index in [1.54, 1.807) is 12.1 Å². The number of nitrogens with one attached hydrogen (secondary N) is 1. The van der Waals surface area contributed by atoms with Crippen molar-refractivity contribution in [3.63, 3.8) is 0 Å². The van der Waals surface area contributed by atoms with E-state index in [1.165, 1.54) is 0 Å². The lowest BCUT2D eigenvalue weighted by Gasteiger charge is -2.37. The van der Waals surface area contributed by atoms with Gasteiger partial charge in [-0.1, -0.05) is 18.2 Å². The smallest absolute Gasteiger partial charge is 0.252 e. The van der Waals surface area contributed by atoms with Crippen molar-refractivity contribution in [1.29, 1.82) is 0 Å². The zero-order chi connectivity index (χ0) is 17.6. The summed E-state index contributed by atoms with van der Waals surface area (Å²) in [5, 5.41) is 2.97. The Balaban J connectivity index is 0.00000243. The molecule has 1 aromatic rings. The molecule has 6 nitrogen and oxygen atoms in total. The van der Waals surface area contributed by atoms with Crippen LogP contribution < -0.4 is 11.1 Å². The van der Waals surface area contributed by atoms with Crippen molar-refractivity contribution >= 4 is 24.2 Å². The van der Waals surface area contributed by atoms with Crippen LogP contribution in [-0.2, 0) is 9.53 Å². The van der Waals surface area contributed by atoms with Crippen LogP contribution in [0.4, 0.5) is 0 Å². The quantitative estimate of drug-likeness (QED) is 0.813. The minimum absolute atomic E-state index is 0. The van der Waals surface area contributed by atoms with E-state index in [4.69, 9.17) is 10.5 Å². The molecule has 2 amide bonds. The Morgan fingerprint density at radius 1 is 1.15 bits per heavy atom. The van der Waals surface area contributed by atoms with E-state index in [-0.39, 0.29) is 42.5 Å². The van der Waals surface area contributed by atoms with Crippen LogP contribution in [0.15, 0.2) is 30.3 Å². The van der Waals surface area contributed by atoms with Gasteiger partial charge in [0.15, 0.2) is 0 Å². The first kappa shape index (κ1) is 20.7. The molecule has 0 aromatic heterocycles. The topological polar surface area (TPSA) is 84.7 Å². The molecule has 2 saturated heterocycles. The summed E-state index contributed by atoms with van der Waals surface area (Å²) in [6.07, 6.45) is 4.19. The van der Waals surface area contributed by atoms with Crippen molar-refractivity contribution in [3.8, 4) is 0 Å². The summed E-state index contributed by atoms with van der Waals surface area (Å²) >= 11 is 0. The second-order valence-electron chi connectivity index (χ2n) is 6.82. The molecule has 2 fully saturated rings. The number of piperidine rings is 1. The van der Waals surface area contributed by atoms with Gasteiger partial charge in [-0.05, 0) is 44.2 Å². The number of amides is 2. The number of ether oxygens (including phenoxy) is 1. The maximum Gasteiger partial charge on any atom is 0.252 e. The molecular formula is C19H28ClN3O3. The van der Waals surface area contributed by atoms with E-state index in [1.807, 2.05) is 23.1 Å². The van der Waals surface area contributed by atoms with Gasteiger partial charge in [-0.3, -0.25) is 9.59 Å². The van der Waals surface area contributed by atoms with Crippen LogP contribution in [0, 0.1) is 0 Å². The van der Waals surface area contributed by atoms with Gasteiger partial charge in [-0.2, -0.15) is 0 Å². The molecule has 0 saturated carbocycles. The minimum Gasteiger partial charge on any atom is -0.364 e. The van der Waals surface area contributed by atoms with Crippen LogP contribution in [0.3, 0.4) is 0 Å². The van der Waals surface area contributed by atoms with E-state index < -0.39 is 0 Å². The van der Waals surface area contributed by atoms with Crippen molar-refractivity contribution in [1.82, 2.24) is 10.2 Å². The van der Waals surface area contributed by atoms with Crippen LogP contribution in [0.2, 0.25) is 0 Å². The zero-order valence-electron chi connectivity index (χ0n) is 14.9. The van der Waals surface area contributed by atoms with Gasteiger partial charge in [0.1, 0.15) is 6.10 Å². The molecular weight excluding hydrogens is 354 g/mol. The van der Waals surface area contributed by atoms with Gasteiger partial charge in [0.05, 0.1) is 6.10 Å². The third-order valence-electron chi connectivity index (χ3n) is 5.09. The van der Waals surface area contributed by atoms with Crippen LogP contribution in [0.25, 0.3) is 0 Å². The lowest BCUT2D eigenvalue weighted by atomic mass is 10.0.